The van der Waals surface area contributed by atoms with E-state index in [9.17, 15) is 13.2 Å². The Bertz CT molecular complexity index is 733. The Balaban J connectivity index is 1.86. The van der Waals surface area contributed by atoms with Crippen LogP contribution in [0.3, 0.4) is 0 Å². The third-order valence-corrected chi connectivity index (χ3v) is 4.96. The molecule has 0 aromatic heterocycles. The predicted molar refractivity (Wildman–Crippen MR) is 93.1 cm³/mol. The van der Waals surface area contributed by atoms with Gasteiger partial charge in [-0.25, -0.2) is 8.42 Å². The van der Waals surface area contributed by atoms with E-state index in [4.69, 9.17) is 9.47 Å². The summed E-state index contributed by atoms with van der Waals surface area (Å²) in [7, 11) is -1.99. The molecule has 0 saturated heterocycles. The number of methoxy groups -OCH3 is 1. The zero-order valence-electron chi connectivity index (χ0n) is 14.3. The zero-order chi connectivity index (χ0) is 18.3. The van der Waals surface area contributed by atoms with Crippen molar-refractivity contribution in [2.24, 2.45) is 4.99 Å². The number of amidine groups is 1. The monoisotopic (exact) mass is 369 g/mol. The van der Waals surface area contributed by atoms with Gasteiger partial charge in [-0.2, -0.15) is 0 Å². The summed E-state index contributed by atoms with van der Waals surface area (Å²) in [6, 6.07) is 5.83. The third-order valence-electron chi connectivity index (χ3n) is 3.56. The van der Waals surface area contributed by atoms with Gasteiger partial charge in [-0.05, 0) is 25.5 Å². The number of sulfonamides is 1. The molecule has 138 valence electrons. The molecule has 25 heavy (non-hydrogen) atoms. The van der Waals surface area contributed by atoms with E-state index < -0.39 is 16.1 Å². The molecular weight excluding hydrogens is 346 g/mol. The Hall–Kier alpha value is -1.97. The summed E-state index contributed by atoms with van der Waals surface area (Å²) in [5.74, 6) is -0.0749. The molecule has 2 N–H and O–H groups in total. The molecule has 0 bridgehead atoms. The first-order chi connectivity index (χ1) is 12.0. The van der Waals surface area contributed by atoms with Crippen LogP contribution in [0.4, 0.5) is 0 Å². The minimum absolute atomic E-state index is 0.176. The predicted octanol–water partition coefficient (Wildman–Crippen LogP) is 0.283. The van der Waals surface area contributed by atoms with E-state index >= 15 is 0 Å². The van der Waals surface area contributed by atoms with Gasteiger partial charge in [0.05, 0.1) is 18.1 Å². The number of ether oxygens (including phenoxy) is 2. The minimum atomic E-state index is -3.60. The maximum atomic E-state index is 12.1. The van der Waals surface area contributed by atoms with E-state index in [0.717, 1.165) is 0 Å². The average molecular weight is 369 g/mol. The molecule has 1 aliphatic rings. The molecule has 1 atom stereocenters. The smallest absolute Gasteiger partial charge is 0.263 e. The molecule has 0 unspecified atom stereocenters. The first-order valence-electron chi connectivity index (χ1n) is 8.00. The highest BCUT2D eigenvalue weighted by molar-refractivity contribution is 7.90. The van der Waals surface area contributed by atoms with Gasteiger partial charge in [0.15, 0.2) is 0 Å². The van der Waals surface area contributed by atoms with Gasteiger partial charge in [0.2, 0.25) is 5.91 Å². The van der Waals surface area contributed by atoms with Crippen LogP contribution < -0.4 is 10.0 Å². The van der Waals surface area contributed by atoms with Crippen LogP contribution in [0, 0.1) is 0 Å². The number of amides is 1. The van der Waals surface area contributed by atoms with Crippen molar-refractivity contribution in [2.75, 3.05) is 33.5 Å². The Kier molecular flexibility index (Phi) is 6.91. The fraction of sp³-hybridized carbons (Fsp3) is 0.500. The molecule has 0 radical (unpaired) electrons. The molecule has 1 aromatic rings. The summed E-state index contributed by atoms with van der Waals surface area (Å²) >= 11 is 0. The molecule has 0 saturated carbocycles. The average Bonchev–Trinajstić information content (AvgIpc) is 2.85. The SMILES string of the molecule is COCCOCCCNC(=O)[C@H](C)N=C1NS(=O)(=O)c2ccccc21. The topological polar surface area (TPSA) is 106 Å². The molecule has 8 nitrogen and oxygen atoms in total. The van der Waals surface area contributed by atoms with E-state index in [2.05, 4.69) is 15.0 Å². The molecule has 2 rings (SSSR count). The van der Waals surface area contributed by atoms with Crippen LogP contribution in [0.25, 0.3) is 0 Å². The molecule has 1 heterocycles. The number of fused-ring (bicyclic) bond motifs is 1. The number of benzene rings is 1. The molecule has 0 fully saturated rings. The number of rotatable bonds is 9. The molecular formula is C16H23N3O5S. The Morgan fingerprint density at radius 1 is 1.28 bits per heavy atom. The summed E-state index contributed by atoms with van der Waals surface area (Å²) < 4.78 is 36.6. The molecule has 1 aromatic carbocycles. The first kappa shape index (κ1) is 19.4. The summed E-state index contributed by atoms with van der Waals surface area (Å²) in [5, 5.41) is 2.76. The molecule has 0 aliphatic carbocycles. The highest BCUT2D eigenvalue weighted by Gasteiger charge is 2.31. The Morgan fingerprint density at radius 3 is 2.80 bits per heavy atom. The van der Waals surface area contributed by atoms with Gasteiger partial charge in [0.1, 0.15) is 11.9 Å². The summed E-state index contributed by atoms with van der Waals surface area (Å²) in [5.41, 5.74) is 0.480. The van der Waals surface area contributed by atoms with Gasteiger partial charge < -0.3 is 14.8 Å². The summed E-state index contributed by atoms with van der Waals surface area (Å²) in [6.45, 7) is 3.67. The van der Waals surface area contributed by atoms with Gasteiger partial charge in [0, 0.05) is 25.8 Å². The zero-order valence-corrected chi connectivity index (χ0v) is 15.1. The number of carbonyl (C=O) groups excluding carboxylic acids is 1. The molecule has 0 spiro atoms. The van der Waals surface area contributed by atoms with Crippen molar-refractivity contribution in [3.05, 3.63) is 29.8 Å². The van der Waals surface area contributed by atoms with Crippen LogP contribution >= 0.6 is 0 Å². The van der Waals surface area contributed by atoms with E-state index in [1.165, 1.54) is 6.07 Å². The maximum absolute atomic E-state index is 12.1. The van der Waals surface area contributed by atoms with Crippen molar-refractivity contribution in [3.8, 4) is 0 Å². The minimum Gasteiger partial charge on any atom is -0.382 e. The standard InChI is InChI=1S/C16H23N3O5S/c1-12(16(20)17-8-5-9-24-11-10-23-2)18-15-13-6-3-4-7-14(13)25(21,22)19-15/h3-4,6-7,12H,5,8-11H2,1-2H3,(H,17,20)(H,18,19)/t12-/m0/s1. The van der Waals surface area contributed by atoms with Crippen molar-refractivity contribution in [1.82, 2.24) is 10.0 Å². The van der Waals surface area contributed by atoms with Crippen LogP contribution in [0.5, 0.6) is 0 Å². The van der Waals surface area contributed by atoms with E-state index in [-0.39, 0.29) is 16.6 Å². The van der Waals surface area contributed by atoms with Gasteiger partial charge >= 0.3 is 0 Å². The van der Waals surface area contributed by atoms with E-state index in [0.29, 0.717) is 38.3 Å². The normalized spacial score (nSPS) is 17.8. The second kappa shape index (κ2) is 8.93. The lowest BCUT2D eigenvalue weighted by atomic mass is 10.2. The number of hydrogen-bond donors (Lipinski definition) is 2. The van der Waals surface area contributed by atoms with Crippen LogP contribution in [-0.2, 0) is 24.3 Å². The van der Waals surface area contributed by atoms with Crippen molar-refractivity contribution in [3.63, 3.8) is 0 Å². The first-order valence-corrected chi connectivity index (χ1v) is 9.48. The van der Waals surface area contributed by atoms with E-state index in [1.54, 1.807) is 32.2 Å². The lowest BCUT2D eigenvalue weighted by Crippen LogP contribution is -2.34. The lowest BCUT2D eigenvalue weighted by molar-refractivity contribution is -0.121. The second-order valence-corrected chi connectivity index (χ2v) is 7.16. The molecule has 9 heteroatoms. The summed E-state index contributed by atoms with van der Waals surface area (Å²) in [4.78, 5) is 16.5. The van der Waals surface area contributed by atoms with E-state index in [1.807, 2.05) is 0 Å². The van der Waals surface area contributed by atoms with Crippen molar-refractivity contribution in [1.29, 1.82) is 0 Å². The van der Waals surface area contributed by atoms with Crippen LogP contribution in [0.15, 0.2) is 34.2 Å². The maximum Gasteiger partial charge on any atom is 0.263 e. The number of nitrogens with one attached hydrogen (secondary N) is 2. The largest absolute Gasteiger partial charge is 0.382 e. The quantitative estimate of drug-likeness (QED) is 0.608. The lowest BCUT2D eigenvalue weighted by Gasteiger charge is -2.10. The Labute approximate surface area is 147 Å². The highest BCUT2D eigenvalue weighted by atomic mass is 32.2. The Morgan fingerprint density at radius 2 is 2.04 bits per heavy atom. The van der Waals surface area contributed by atoms with Crippen molar-refractivity contribution in [2.45, 2.75) is 24.3 Å². The summed E-state index contributed by atoms with van der Waals surface area (Å²) in [6.07, 6.45) is 0.675. The third kappa shape index (κ3) is 5.25. The van der Waals surface area contributed by atoms with Gasteiger partial charge in [-0.3, -0.25) is 14.5 Å². The number of aliphatic imine (C=N–C) groups is 1. The second-order valence-electron chi connectivity index (χ2n) is 5.51. The number of nitrogens with zero attached hydrogens (tertiary/aromatic N) is 1. The van der Waals surface area contributed by atoms with Crippen molar-refractivity contribution >= 4 is 21.8 Å². The van der Waals surface area contributed by atoms with Gasteiger partial charge in [-0.1, -0.05) is 12.1 Å². The van der Waals surface area contributed by atoms with Gasteiger partial charge in [-0.15, -0.1) is 0 Å². The molecule has 1 amide bonds. The number of hydrogen-bond acceptors (Lipinski definition) is 6. The van der Waals surface area contributed by atoms with Crippen LogP contribution in [0.1, 0.15) is 18.9 Å². The van der Waals surface area contributed by atoms with Crippen LogP contribution in [0.2, 0.25) is 0 Å². The van der Waals surface area contributed by atoms with Crippen molar-refractivity contribution < 1.29 is 22.7 Å². The highest BCUT2D eigenvalue weighted by Crippen LogP contribution is 2.22. The fourth-order valence-corrected chi connectivity index (χ4v) is 3.50. The van der Waals surface area contributed by atoms with Gasteiger partial charge in [0.25, 0.3) is 10.0 Å². The molecule has 1 aliphatic heterocycles. The fourth-order valence-electron chi connectivity index (χ4n) is 2.26. The van der Waals surface area contributed by atoms with Crippen LogP contribution in [-0.4, -0.2) is 59.7 Å². The number of carbonyl (C=O) groups is 1.